The van der Waals surface area contributed by atoms with Crippen molar-refractivity contribution in [3.05, 3.63) is 41.5 Å². The van der Waals surface area contributed by atoms with Gasteiger partial charge in [0.1, 0.15) is 0 Å². The fourth-order valence-electron chi connectivity index (χ4n) is 1.98. The lowest BCUT2D eigenvalue weighted by atomic mass is 10.1. The number of carbonyl (C=O) groups is 1. The van der Waals surface area contributed by atoms with Crippen molar-refractivity contribution in [1.29, 1.82) is 0 Å². The van der Waals surface area contributed by atoms with E-state index >= 15 is 0 Å². The van der Waals surface area contributed by atoms with E-state index < -0.39 is 24.8 Å². The second kappa shape index (κ2) is 7.64. The van der Waals surface area contributed by atoms with Crippen LogP contribution >= 0.6 is 7.60 Å². The molecule has 0 bridgehead atoms. The molecule has 0 aliphatic rings. The Labute approximate surface area is 144 Å². The molecule has 0 heterocycles. The summed E-state index contributed by atoms with van der Waals surface area (Å²) >= 11 is 0. The summed E-state index contributed by atoms with van der Waals surface area (Å²) < 4.78 is 24.4. The Morgan fingerprint density at radius 3 is 1.88 bits per heavy atom. The highest BCUT2D eigenvalue weighted by atomic mass is 31.2. The number of rotatable bonds is 6. The number of hydrogen-bond acceptors (Lipinski definition) is 4. The standard InChI is InChI=1S/C18H27O5P/c1-17(2,3)22-24(21,23-18(4,5)6)13-7-8-14-9-11-15(12-10-14)16(19)20/h7-12H,13H2,1-6H3,(H,19,20)/b8-7+. The third-order valence-electron chi connectivity index (χ3n) is 2.62. The average Bonchev–Trinajstić information content (AvgIpc) is 2.34. The summed E-state index contributed by atoms with van der Waals surface area (Å²) in [7, 11) is -3.31. The minimum Gasteiger partial charge on any atom is -0.478 e. The quantitative estimate of drug-likeness (QED) is 0.709. The molecule has 0 amide bonds. The second-order valence-electron chi connectivity index (χ2n) is 7.53. The number of benzene rings is 1. The molecular formula is C18H27O5P. The van der Waals surface area contributed by atoms with Gasteiger partial charge in [0.05, 0.1) is 22.9 Å². The first-order valence-corrected chi connectivity index (χ1v) is 9.53. The van der Waals surface area contributed by atoms with Crippen molar-refractivity contribution in [3.63, 3.8) is 0 Å². The van der Waals surface area contributed by atoms with E-state index in [0.29, 0.717) is 0 Å². The van der Waals surface area contributed by atoms with Gasteiger partial charge in [0.15, 0.2) is 0 Å². The minimum atomic E-state index is -3.31. The van der Waals surface area contributed by atoms with Crippen LogP contribution in [0.4, 0.5) is 0 Å². The van der Waals surface area contributed by atoms with Crippen LogP contribution in [0.5, 0.6) is 0 Å². The first-order chi connectivity index (χ1) is 10.8. The Bertz CT molecular complexity index is 613. The minimum absolute atomic E-state index is 0.141. The van der Waals surface area contributed by atoms with Gasteiger partial charge in [-0.2, -0.15) is 0 Å². The molecule has 6 heteroatoms. The summed E-state index contributed by atoms with van der Waals surface area (Å²) in [4.78, 5) is 10.8. The van der Waals surface area contributed by atoms with Crippen molar-refractivity contribution in [2.45, 2.75) is 52.7 Å². The molecule has 0 spiro atoms. The van der Waals surface area contributed by atoms with Crippen LogP contribution < -0.4 is 0 Å². The molecule has 0 aliphatic carbocycles. The van der Waals surface area contributed by atoms with Gasteiger partial charge in [-0.15, -0.1) is 0 Å². The zero-order valence-electron chi connectivity index (χ0n) is 15.2. The maximum absolute atomic E-state index is 13.0. The highest BCUT2D eigenvalue weighted by Crippen LogP contribution is 2.54. The zero-order chi connectivity index (χ0) is 18.6. The number of allylic oxidation sites excluding steroid dienone is 1. The molecule has 0 aliphatic heterocycles. The Morgan fingerprint density at radius 2 is 1.50 bits per heavy atom. The van der Waals surface area contributed by atoms with Crippen LogP contribution in [-0.2, 0) is 13.6 Å². The number of hydrogen-bond donors (Lipinski definition) is 1. The van der Waals surface area contributed by atoms with E-state index in [2.05, 4.69) is 0 Å². The second-order valence-corrected chi connectivity index (χ2v) is 9.48. The van der Waals surface area contributed by atoms with Crippen molar-refractivity contribution in [1.82, 2.24) is 0 Å². The molecule has 1 rings (SSSR count). The molecule has 0 saturated carbocycles. The van der Waals surface area contributed by atoms with Gasteiger partial charge >= 0.3 is 13.6 Å². The Morgan fingerprint density at radius 1 is 1.04 bits per heavy atom. The van der Waals surface area contributed by atoms with Crippen LogP contribution in [-0.4, -0.2) is 28.4 Å². The van der Waals surface area contributed by atoms with E-state index in [1.165, 1.54) is 12.1 Å². The van der Waals surface area contributed by atoms with Gasteiger partial charge < -0.3 is 14.2 Å². The monoisotopic (exact) mass is 354 g/mol. The van der Waals surface area contributed by atoms with Gasteiger partial charge in [0, 0.05) is 0 Å². The molecule has 134 valence electrons. The number of aromatic carboxylic acids is 1. The molecular weight excluding hydrogens is 327 g/mol. The summed E-state index contributed by atoms with van der Waals surface area (Å²) in [5.41, 5.74) is -0.127. The molecule has 24 heavy (non-hydrogen) atoms. The van der Waals surface area contributed by atoms with Crippen molar-refractivity contribution < 1.29 is 23.5 Å². The maximum Gasteiger partial charge on any atom is 0.335 e. The predicted octanol–water partition coefficient (Wildman–Crippen LogP) is 5.22. The van der Waals surface area contributed by atoms with Gasteiger partial charge in [-0.3, -0.25) is 4.57 Å². The molecule has 1 N–H and O–H groups in total. The molecule has 0 saturated heterocycles. The van der Waals surface area contributed by atoms with Crippen LogP contribution in [0.15, 0.2) is 30.3 Å². The third kappa shape index (κ3) is 7.91. The van der Waals surface area contributed by atoms with Crippen LogP contribution in [0.3, 0.4) is 0 Å². The summed E-state index contributed by atoms with van der Waals surface area (Å²) in [6.07, 6.45) is 3.65. The van der Waals surface area contributed by atoms with Crippen molar-refractivity contribution in [2.24, 2.45) is 0 Å². The van der Waals surface area contributed by atoms with Crippen LogP contribution in [0, 0.1) is 0 Å². The summed E-state index contributed by atoms with van der Waals surface area (Å²) in [6, 6.07) is 6.44. The first kappa shape index (κ1) is 20.6. The molecule has 0 atom stereocenters. The fraction of sp³-hybridized carbons (Fsp3) is 0.500. The van der Waals surface area contributed by atoms with E-state index in [4.69, 9.17) is 14.2 Å². The lowest BCUT2D eigenvalue weighted by molar-refractivity contribution is 0.0504. The first-order valence-electron chi connectivity index (χ1n) is 7.80. The highest BCUT2D eigenvalue weighted by molar-refractivity contribution is 7.54. The van der Waals surface area contributed by atoms with E-state index in [1.54, 1.807) is 24.3 Å². The Balaban J connectivity index is 2.87. The van der Waals surface area contributed by atoms with Crippen LogP contribution in [0.25, 0.3) is 6.08 Å². The van der Waals surface area contributed by atoms with E-state index in [-0.39, 0.29) is 11.7 Å². The topological polar surface area (TPSA) is 72.8 Å². The van der Waals surface area contributed by atoms with Crippen LogP contribution in [0.2, 0.25) is 0 Å². The number of carboxylic acids is 1. The summed E-state index contributed by atoms with van der Waals surface area (Å²) in [6.45, 7) is 11.0. The largest absolute Gasteiger partial charge is 0.478 e. The van der Waals surface area contributed by atoms with Crippen molar-refractivity contribution in [2.75, 3.05) is 6.16 Å². The third-order valence-corrected chi connectivity index (χ3v) is 4.93. The summed E-state index contributed by atoms with van der Waals surface area (Å²) in [5.74, 6) is -0.966. The lowest BCUT2D eigenvalue weighted by Crippen LogP contribution is -2.24. The average molecular weight is 354 g/mol. The van der Waals surface area contributed by atoms with Crippen molar-refractivity contribution >= 4 is 19.6 Å². The SMILES string of the molecule is CC(C)(C)OP(=O)(C/C=C/c1ccc(C(=O)O)cc1)OC(C)(C)C. The predicted molar refractivity (Wildman–Crippen MR) is 96.6 cm³/mol. The van der Waals surface area contributed by atoms with E-state index in [0.717, 1.165) is 5.56 Å². The van der Waals surface area contributed by atoms with Gasteiger partial charge in [-0.1, -0.05) is 24.3 Å². The molecule has 5 nitrogen and oxygen atoms in total. The summed E-state index contributed by atoms with van der Waals surface area (Å²) in [5, 5.41) is 8.89. The molecule has 0 fully saturated rings. The molecule has 1 aromatic rings. The zero-order valence-corrected chi connectivity index (χ0v) is 16.1. The smallest absolute Gasteiger partial charge is 0.335 e. The highest BCUT2D eigenvalue weighted by Gasteiger charge is 2.34. The van der Waals surface area contributed by atoms with Gasteiger partial charge in [-0.25, -0.2) is 4.79 Å². The van der Waals surface area contributed by atoms with Crippen molar-refractivity contribution in [3.8, 4) is 0 Å². The molecule has 0 aromatic heterocycles. The van der Waals surface area contributed by atoms with Gasteiger partial charge in [-0.05, 0) is 59.2 Å². The molecule has 0 unspecified atom stereocenters. The van der Waals surface area contributed by atoms with Gasteiger partial charge in [0.25, 0.3) is 0 Å². The fourth-order valence-corrected chi connectivity index (χ4v) is 4.20. The molecule has 1 aromatic carbocycles. The van der Waals surface area contributed by atoms with Crippen LogP contribution in [0.1, 0.15) is 57.5 Å². The Kier molecular flexibility index (Phi) is 6.57. The lowest BCUT2D eigenvalue weighted by Gasteiger charge is -2.31. The Hall–Kier alpha value is -1.42. The van der Waals surface area contributed by atoms with Gasteiger partial charge in [0.2, 0.25) is 0 Å². The molecule has 0 radical (unpaired) electrons. The van der Waals surface area contributed by atoms with E-state index in [1.807, 2.05) is 41.5 Å². The van der Waals surface area contributed by atoms with E-state index in [9.17, 15) is 9.36 Å². The number of carboxylic acid groups (broad SMARTS) is 1. The maximum atomic E-state index is 13.0. The normalized spacial score (nSPS) is 13.4.